The van der Waals surface area contributed by atoms with Crippen LogP contribution >= 0.6 is 0 Å². The zero-order valence-electron chi connectivity index (χ0n) is 13.0. The number of hydrogen-bond acceptors (Lipinski definition) is 4. The highest BCUT2D eigenvalue weighted by atomic mass is 28.4. The van der Waals surface area contributed by atoms with Crippen molar-refractivity contribution >= 4 is 8.80 Å². The van der Waals surface area contributed by atoms with Crippen molar-refractivity contribution in [2.24, 2.45) is 0 Å². The van der Waals surface area contributed by atoms with E-state index in [-0.39, 0.29) is 0 Å². The lowest BCUT2D eigenvalue weighted by atomic mass is 10.2. The molecule has 0 heterocycles. The van der Waals surface area contributed by atoms with Crippen LogP contribution in [0.25, 0.3) is 0 Å². The van der Waals surface area contributed by atoms with E-state index in [0.717, 1.165) is 25.9 Å². The first-order valence-corrected chi connectivity index (χ1v) is 8.92. The predicted molar refractivity (Wildman–Crippen MR) is 83.6 cm³/mol. The first-order valence-electron chi connectivity index (χ1n) is 7.12. The van der Waals surface area contributed by atoms with E-state index in [4.69, 9.17) is 13.3 Å². The highest BCUT2D eigenvalue weighted by Crippen LogP contribution is 2.30. The Kier molecular flexibility index (Phi) is 8.02. The van der Waals surface area contributed by atoms with Gasteiger partial charge >= 0.3 is 8.80 Å². The second-order valence-corrected chi connectivity index (χ2v) is 8.02. The van der Waals surface area contributed by atoms with Gasteiger partial charge in [0.15, 0.2) is 0 Å². The Bertz CT molecular complexity index is 349. The van der Waals surface area contributed by atoms with Gasteiger partial charge in [-0.05, 0) is 24.9 Å². The summed E-state index contributed by atoms with van der Waals surface area (Å²) in [6.07, 6.45) is 1.99. The van der Waals surface area contributed by atoms with E-state index in [1.807, 2.05) is 6.07 Å². The van der Waals surface area contributed by atoms with Crippen LogP contribution in [0.15, 0.2) is 30.3 Å². The molecule has 0 aliphatic carbocycles. The third-order valence-electron chi connectivity index (χ3n) is 3.69. The molecule has 0 fully saturated rings. The molecule has 0 bridgehead atoms. The van der Waals surface area contributed by atoms with Crippen molar-refractivity contribution in [1.29, 1.82) is 0 Å². The maximum absolute atomic E-state index is 5.57. The molecule has 1 unspecified atom stereocenters. The minimum atomic E-state index is -2.52. The van der Waals surface area contributed by atoms with Gasteiger partial charge in [-0.15, -0.1) is 0 Å². The van der Waals surface area contributed by atoms with Crippen molar-refractivity contribution in [3.8, 4) is 0 Å². The van der Waals surface area contributed by atoms with Crippen molar-refractivity contribution < 1.29 is 13.3 Å². The van der Waals surface area contributed by atoms with Gasteiger partial charge in [-0.2, -0.15) is 0 Å². The molecule has 0 amide bonds. The van der Waals surface area contributed by atoms with E-state index in [1.165, 1.54) is 5.56 Å². The zero-order chi connectivity index (χ0) is 14.8. The largest absolute Gasteiger partial charge is 0.503 e. The summed E-state index contributed by atoms with van der Waals surface area (Å²) in [5.41, 5.74) is 1.63. The van der Waals surface area contributed by atoms with Crippen LogP contribution < -0.4 is 5.32 Å². The van der Waals surface area contributed by atoms with Gasteiger partial charge in [0.25, 0.3) is 0 Å². The molecule has 1 aromatic rings. The monoisotopic (exact) mass is 297 g/mol. The average Bonchev–Trinajstić information content (AvgIpc) is 2.52. The van der Waals surface area contributed by atoms with Gasteiger partial charge in [0.1, 0.15) is 0 Å². The predicted octanol–water partition coefficient (Wildman–Crippen LogP) is 2.82. The topological polar surface area (TPSA) is 39.7 Å². The fraction of sp³-hybridized carbons (Fsp3) is 0.600. The van der Waals surface area contributed by atoms with Gasteiger partial charge in [0, 0.05) is 33.4 Å². The SMILES string of the molecule is CCC(CCNCc1ccccc1)[Si](OC)(OC)OC. The van der Waals surface area contributed by atoms with Crippen molar-refractivity contribution in [2.75, 3.05) is 27.9 Å². The molecule has 0 aromatic heterocycles. The summed E-state index contributed by atoms with van der Waals surface area (Å²) in [5, 5.41) is 3.47. The molecule has 0 saturated carbocycles. The fourth-order valence-electron chi connectivity index (χ4n) is 2.49. The van der Waals surface area contributed by atoms with Crippen molar-refractivity contribution in [3.63, 3.8) is 0 Å². The molecule has 1 N–H and O–H groups in total. The van der Waals surface area contributed by atoms with Crippen molar-refractivity contribution in [2.45, 2.75) is 31.9 Å². The summed E-state index contributed by atoms with van der Waals surface area (Å²) in [7, 11) is 2.52. The molecule has 114 valence electrons. The maximum atomic E-state index is 5.57. The smallest absolute Gasteiger partial charge is 0.377 e. The second-order valence-electron chi connectivity index (χ2n) is 4.77. The van der Waals surface area contributed by atoms with Crippen LogP contribution in [0.4, 0.5) is 0 Å². The third kappa shape index (κ3) is 4.68. The summed E-state index contributed by atoms with van der Waals surface area (Å²) < 4.78 is 16.7. The van der Waals surface area contributed by atoms with E-state index in [0.29, 0.717) is 5.54 Å². The van der Waals surface area contributed by atoms with E-state index >= 15 is 0 Å². The minimum Gasteiger partial charge on any atom is -0.377 e. The normalized spacial score (nSPS) is 13.4. The van der Waals surface area contributed by atoms with Crippen LogP contribution in [0, 0.1) is 0 Å². The Labute approximate surface area is 123 Å². The molecule has 0 spiro atoms. The summed E-state index contributed by atoms with van der Waals surface area (Å²) in [6, 6.07) is 10.4. The number of nitrogens with one attached hydrogen (secondary N) is 1. The lowest BCUT2D eigenvalue weighted by molar-refractivity contribution is 0.109. The van der Waals surface area contributed by atoms with Crippen LogP contribution in [-0.2, 0) is 19.8 Å². The summed E-state index contributed by atoms with van der Waals surface area (Å²) in [4.78, 5) is 0. The van der Waals surface area contributed by atoms with E-state index in [1.54, 1.807) is 21.3 Å². The van der Waals surface area contributed by atoms with Crippen LogP contribution in [0.1, 0.15) is 25.3 Å². The molecule has 4 nitrogen and oxygen atoms in total. The van der Waals surface area contributed by atoms with Gasteiger partial charge in [-0.25, -0.2) is 0 Å². The quantitative estimate of drug-likeness (QED) is 0.532. The molecule has 0 aliphatic heterocycles. The molecular formula is C15H27NO3Si. The Balaban J connectivity index is 2.41. The van der Waals surface area contributed by atoms with Gasteiger partial charge in [-0.1, -0.05) is 37.3 Å². The van der Waals surface area contributed by atoms with Gasteiger partial charge in [0.05, 0.1) is 0 Å². The average molecular weight is 297 g/mol. The minimum absolute atomic E-state index is 0.325. The van der Waals surface area contributed by atoms with Crippen molar-refractivity contribution in [3.05, 3.63) is 35.9 Å². The molecule has 0 radical (unpaired) electrons. The van der Waals surface area contributed by atoms with Gasteiger partial charge in [-0.3, -0.25) is 0 Å². The van der Waals surface area contributed by atoms with E-state index in [2.05, 4.69) is 36.5 Å². The number of benzene rings is 1. The lowest BCUT2D eigenvalue weighted by Gasteiger charge is -2.31. The van der Waals surface area contributed by atoms with Crippen LogP contribution in [-0.4, -0.2) is 36.7 Å². The number of rotatable bonds is 10. The molecule has 0 saturated heterocycles. The fourth-order valence-corrected chi connectivity index (χ4v) is 4.98. The molecule has 1 rings (SSSR count). The van der Waals surface area contributed by atoms with E-state index < -0.39 is 8.80 Å². The second kappa shape index (κ2) is 9.26. The van der Waals surface area contributed by atoms with Crippen LogP contribution in [0.2, 0.25) is 5.54 Å². The lowest BCUT2D eigenvalue weighted by Crippen LogP contribution is -2.48. The Morgan fingerprint density at radius 2 is 1.65 bits per heavy atom. The van der Waals surface area contributed by atoms with Gasteiger partial charge < -0.3 is 18.6 Å². The maximum Gasteiger partial charge on any atom is 0.503 e. The standard InChI is InChI=1S/C15H27NO3Si/c1-5-15(20(17-2,18-3)19-4)11-12-16-13-14-9-7-6-8-10-14/h6-10,15-16H,5,11-13H2,1-4H3. The van der Waals surface area contributed by atoms with Crippen LogP contribution in [0.5, 0.6) is 0 Å². The van der Waals surface area contributed by atoms with Gasteiger partial charge in [0.2, 0.25) is 0 Å². The Hall–Kier alpha value is -0.723. The van der Waals surface area contributed by atoms with Crippen LogP contribution in [0.3, 0.4) is 0 Å². The Morgan fingerprint density at radius 1 is 1.05 bits per heavy atom. The summed E-state index contributed by atoms with van der Waals surface area (Å²) in [6.45, 7) is 3.97. The summed E-state index contributed by atoms with van der Waals surface area (Å²) >= 11 is 0. The first kappa shape index (κ1) is 17.3. The molecule has 20 heavy (non-hydrogen) atoms. The highest BCUT2D eigenvalue weighted by molar-refractivity contribution is 6.62. The van der Waals surface area contributed by atoms with E-state index in [9.17, 15) is 0 Å². The Morgan fingerprint density at radius 3 is 2.15 bits per heavy atom. The summed E-state index contributed by atoms with van der Waals surface area (Å²) in [5.74, 6) is 0. The molecular weight excluding hydrogens is 270 g/mol. The zero-order valence-corrected chi connectivity index (χ0v) is 14.0. The molecule has 0 aliphatic rings. The molecule has 5 heteroatoms. The van der Waals surface area contributed by atoms with Crippen molar-refractivity contribution in [1.82, 2.24) is 5.32 Å². The number of hydrogen-bond donors (Lipinski definition) is 1. The first-order chi connectivity index (χ1) is 9.72. The molecule has 1 aromatic carbocycles. The highest BCUT2D eigenvalue weighted by Gasteiger charge is 2.45. The molecule has 1 atom stereocenters. The third-order valence-corrected chi connectivity index (χ3v) is 7.09.